The Hall–Kier alpha value is -1.56. The zero-order chi connectivity index (χ0) is 51.1. The Morgan fingerprint density at radius 1 is 0.348 bits per heavy atom. The normalized spacial score (nSPS) is 13.8. The van der Waals surface area contributed by atoms with Crippen molar-refractivity contribution in [3.63, 3.8) is 0 Å². The fraction of sp³-hybridized carbons (Fsp3) is 0.581. The van der Waals surface area contributed by atoms with E-state index in [2.05, 4.69) is 232 Å². The molecule has 0 aliphatic rings. The predicted octanol–water partition coefficient (Wildman–Crippen LogP) is 15.6. The van der Waals surface area contributed by atoms with Gasteiger partial charge in [0.1, 0.15) is 0 Å². The van der Waals surface area contributed by atoms with E-state index in [9.17, 15) is 0 Å². The zero-order valence-electron chi connectivity index (χ0n) is 48.3. The molecule has 0 aromatic heterocycles. The number of hydrogen-bond donors (Lipinski definition) is 0. The molecule has 4 aromatic carbocycles. The molecule has 0 saturated heterocycles. The van der Waals surface area contributed by atoms with Crippen LogP contribution in [0.15, 0.2) is 24.3 Å². The molecule has 1 atom stereocenters. The third-order valence-electron chi connectivity index (χ3n) is 15.1. The average molecular weight is 1050 g/mol. The molecule has 0 fully saturated rings. The molecule has 0 aliphatic carbocycles. The molecule has 0 bridgehead atoms. The summed E-state index contributed by atoms with van der Waals surface area (Å²) in [5.74, 6) is 0. The van der Waals surface area contributed by atoms with Crippen LogP contribution >= 0.6 is 16.2 Å². The van der Waals surface area contributed by atoms with Crippen LogP contribution in [-0.4, -0.2) is 36.5 Å². The van der Waals surface area contributed by atoms with Crippen molar-refractivity contribution >= 4 is 70.2 Å². The van der Waals surface area contributed by atoms with Crippen LogP contribution in [-0.2, 0) is 21.7 Å². The van der Waals surface area contributed by atoms with Gasteiger partial charge in [-0.15, -0.1) is 0 Å². The first-order valence-corrected chi connectivity index (χ1v) is 34.0. The van der Waals surface area contributed by atoms with E-state index < -0.39 is 28.3 Å². The minimum atomic E-state index is -2.60. The van der Waals surface area contributed by atoms with Crippen LogP contribution in [0.2, 0.25) is 0 Å². The fourth-order valence-corrected chi connectivity index (χ4v) is 40.3. The van der Waals surface area contributed by atoms with Gasteiger partial charge >= 0.3 is 424 Å². The Labute approximate surface area is 420 Å². The summed E-state index contributed by atoms with van der Waals surface area (Å²) in [4.78, 5) is 0. The molecule has 4 rings (SSSR count). The maximum atomic E-state index is 2.61. The molecular formula is C62H95Ge2P2. The number of hydrogen-bond acceptors (Lipinski definition) is 0. The van der Waals surface area contributed by atoms with Crippen molar-refractivity contribution in [1.82, 2.24) is 0 Å². The van der Waals surface area contributed by atoms with Gasteiger partial charge in [-0.25, -0.2) is 0 Å². The summed E-state index contributed by atoms with van der Waals surface area (Å²) >= 11 is -5.19. The topological polar surface area (TPSA) is 0 Å². The number of aryl methyl sites for hydroxylation is 4. The van der Waals surface area contributed by atoms with Crippen LogP contribution in [0.1, 0.15) is 214 Å². The van der Waals surface area contributed by atoms with Gasteiger partial charge in [0.2, 0.25) is 0 Å². The van der Waals surface area contributed by atoms with Crippen LogP contribution < -0.4 is 17.6 Å². The van der Waals surface area contributed by atoms with E-state index in [0.29, 0.717) is 8.27 Å². The number of benzene rings is 4. The Kier molecular flexibility index (Phi) is 16.9. The van der Waals surface area contributed by atoms with Crippen LogP contribution in [0, 0.1) is 93.9 Å². The summed E-state index contributed by atoms with van der Waals surface area (Å²) in [5, 5.41) is 0. The molecule has 66 heavy (non-hydrogen) atoms. The van der Waals surface area contributed by atoms with Gasteiger partial charge in [-0.1, -0.05) is 0 Å². The molecule has 1 unspecified atom stereocenters. The number of rotatable bonds is 7. The van der Waals surface area contributed by atoms with E-state index in [-0.39, 0.29) is 32.5 Å². The van der Waals surface area contributed by atoms with Gasteiger partial charge in [0, 0.05) is 0 Å². The molecule has 4 aromatic rings. The van der Waals surface area contributed by atoms with E-state index >= 15 is 0 Å². The summed E-state index contributed by atoms with van der Waals surface area (Å²) in [5.41, 5.74) is 24.1. The summed E-state index contributed by atoms with van der Waals surface area (Å²) in [6, 6.07) is 10.5. The Morgan fingerprint density at radius 2 is 0.591 bits per heavy atom. The van der Waals surface area contributed by atoms with Gasteiger partial charge in [-0.3, -0.25) is 0 Å². The van der Waals surface area contributed by atoms with Crippen molar-refractivity contribution in [3.05, 3.63) is 113 Å². The zero-order valence-corrected chi connectivity index (χ0v) is 54.3. The second-order valence-electron chi connectivity index (χ2n) is 26.7. The molecule has 0 spiro atoms. The van der Waals surface area contributed by atoms with Gasteiger partial charge in [0.05, 0.1) is 0 Å². The molecule has 0 N–H and O–H groups in total. The molecule has 0 nitrogen and oxygen atoms in total. The van der Waals surface area contributed by atoms with Gasteiger partial charge in [0.25, 0.3) is 0 Å². The van der Waals surface area contributed by atoms with Crippen LogP contribution in [0.5, 0.6) is 0 Å². The van der Waals surface area contributed by atoms with Gasteiger partial charge < -0.3 is 0 Å². The standard InChI is InChI=1S/C62H95Ge2P2/c1-35-31-47(57(13,14)15)51(43(9)39(35)5)63(52-44(10)40(6)36(2)32-48(52)58(16,17)18)55(61(25,26)27)65-66-56(62(28,29)30)64(53-45(11)41(7)37(3)33-49(53)59(19,20)21)54-46(12)42(8)38(4)34-50(54)60(22,23)24/h31-34,65H,1-30H3. The first kappa shape index (κ1) is 57.0. The van der Waals surface area contributed by atoms with Crippen LogP contribution in [0.25, 0.3) is 0 Å². The summed E-state index contributed by atoms with van der Waals surface area (Å²) < 4.78 is 10.6. The van der Waals surface area contributed by atoms with E-state index in [1.807, 2.05) is 8.22 Å². The first-order valence-electron chi connectivity index (χ1n) is 25.0. The second-order valence-corrected chi connectivity index (χ2v) is 40.8. The van der Waals surface area contributed by atoms with E-state index in [4.69, 9.17) is 0 Å². The van der Waals surface area contributed by atoms with Crippen LogP contribution in [0.3, 0.4) is 0 Å². The Morgan fingerprint density at radius 3 is 0.818 bits per heavy atom. The Bertz CT molecular complexity index is 2450. The van der Waals surface area contributed by atoms with Crippen molar-refractivity contribution in [3.8, 4) is 0 Å². The molecule has 0 heterocycles. The molecule has 361 valence electrons. The molecule has 0 saturated carbocycles. The fourth-order valence-electron chi connectivity index (χ4n) is 10.0. The molecule has 1 radical (unpaired) electrons. The van der Waals surface area contributed by atoms with Crippen LogP contribution in [0.4, 0.5) is 0 Å². The van der Waals surface area contributed by atoms with Crippen molar-refractivity contribution < 1.29 is 0 Å². The molecule has 4 heteroatoms. The summed E-state index contributed by atoms with van der Waals surface area (Å²) in [6.07, 6.45) is 0. The average Bonchev–Trinajstić information content (AvgIpc) is 3.13. The monoisotopic (exact) mass is 1050 g/mol. The third-order valence-corrected chi connectivity index (χ3v) is 40.2. The van der Waals surface area contributed by atoms with Crippen molar-refractivity contribution in [2.45, 2.75) is 229 Å². The first-order chi connectivity index (χ1) is 29.6. The molecule has 0 amide bonds. The maximum absolute atomic E-state index is 2.61. The summed E-state index contributed by atoms with van der Waals surface area (Å²) in [7, 11) is 2.24. The van der Waals surface area contributed by atoms with Crippen molar-refractivity contribution in [2.24, 2.45) is 10.8 Å². The van der Waals surface area contributed by atoms with Crippen molar-refractivity contribution in [2.75, 3.05) is 0 Å². The van der Waals surface area contributed by atoms with E-state index in [0.717, 1.165) is 0 Å². The third kappa shape index (κ3) is 11.5. The second kappa shape index (κ2) is 19.6. The SMILES string of the molecule is Cc1cc(C(C)(C)C)[c]([Ge]([C](=PP[C](=[Ge]([c]2c(C(C)(C)C)cc(C)c(C)c2C)[c]2c(C(C)(C)C)cc(C)c(C)c2C)C(C)(C)C)C(C)(C)C)[c]2c(C(C)(C)C)cc(C)c(C)c2C)c(C)c1C. The predicted molar refractivity (Wildman–Crippen MR) is 312 cm³/mol. The van der Waals surface area contributed by atoms with Gasteiger partial charge in [-0.05, 0) is 0 Å². The summed E-state index contributed by atoms with van der Waals surface area (Å²) in [6.45, 7) is 74.3. The van der Waals surface area contributed by atoms with Gasteiger partial charge in [0.15, 0.2) is 0 Å². The minimum absolute atomic E-state index is 0.00454. The van der Waals surface area contributed by atoms with E-state index in [1.54, 1.807) is 70.0 Å². The molecular weight excluding hydrogens is 952 g/mol. The van der Waals surface area contributed by atoms with Gasteiger partial charge in [-0.2, -0.15) is 0 Å². The molecule has 0 aliphatic heterocycles. The Balaban J connectivity index is 2.51. The quantitative estimate of drug-likeness (QED) is 0.128. The van der Waals surface area contributed by atoms with E-state index in [1.165, 1.54) is 44.5 Å². The van der Waals surface area contributed by atoms with Crippen molar-refractivity contribution in [1.29, 1.82) is 0 Å².